The summed E-state index contributed by atoms with van der Waals surface area (Å²) in [5, 5.41) is 0. The second kappa shape index (κ2) is 8.84. The van der Waals surface area contributed by atoms with E-state index in [0.717, 1.165) is 17.8 Å². The Labute approximate surface area is 189 Å². The lowest BCUT2D eigenvalue weighted by molar-refractivity contribution is 0.0991. The van der Waals surface area contributed by atoms with E-state index in [1.165, 1.54) is 12.3 Å². The lowest BCUT2D eigenvalue weighted by atomic mass is 9.87. The lowest BCUT2D eigenvalue weighted by Crippen LogP contribution is -2.16. The van der Waals surface area contributed by atoms with E-state index >= 15 is 0 Å². The number of carbonyl (C=O) groups is 1. The predicted molar refractivity (Wildman–Crippen MR) is 120 cm³/mol. The first-order chi connectivity index (χ1) is 14.5. The number of benzene rings is 1. The molecule has 3 aromatic rings. The van der Waals surface area contributed by atoms with Crippen LogP contribution in [0.15, 0.2) is 64.2 Å². The van der Waals surface area contributed by atoms with Crippen LogP contribution in [-0.2, 0) is 21.9 Å². The third kappa shape index (κ3) is 5.74. The van der Waals surface area contributed by atoms with E-state index in [1.807, 2.05) is 20.8 Å². The molecule has 6 nitrogen and oxygen atoms in total. The van der Waals surface area contributed by atoms with Crippen LogP contribution < -0.4 is 4.72 Å². The highest BCUT2D eigenvalue weighted by molar-refractivity contribution is 9.10. The number of nitrogens with zero attached hydrogens (tertiary/aromatic N) is 2. The SMILES string of the molecule is CC(C)(C)c1ccc(S(=O)(=O)Nc2ccc(Br)c(CC(=O)c3cncc(F)c3)n2)cc1. The zero-order valence-corrected chi connectivity index (χ0v) is 19.6. The monoisotopic (exact) mass is 505 g/mol. The van der Waals surface area contributed by atoms with Gasteiger partial charge in [0, 0.05) is 16.2 Å². The number of sulfonamides is 1. The molecule has 0 fully saturated rings. The van der Waals surface area contributed by atoms with Gasteiger partial charge in [-0.2, -0.15) is 0 Å². The Kier molecular flexibility index (Phi) is 6.56. The molecule has 162 valence electrons. The summed E-state index contributed by atoms with van der Waals surface area (Å²) >= 11 is 3.32. The zero-order valence-electron chi connectivity index (χ0n) is 17.2. The minimum Gasteiger partial charge on any atom is -0.294 e. The fourth-order valence-electron chi connectivity index (χ4n) is 2.81. The summed E-state index contributed by atoms with van der Waals surface area (Å²) in [6.45, 7) is 6.13. The number of Topliss-reactive ketones (excluding diaryl/α,β-unsaturated/α-hetero) is 1. The number of hydrogen-bond acceptors (Lipinski definition) is 5. The number of halogens is 2. The van der Waals surface area contributed by atoms with Gasteiger partial charge in [-0.05, 0) is 57.2 Å². The standard InChI is InChI=1S/C22H21BrFN3O3S/c1-22(2,3)15-4-6-17(7-5-15)31(29,30)27-21-9-8-18(23)19(26-21)11-20(28)14-10-16(24)13-25-12-14/h4-10,12-13H,11H2,1-3H3,(H,26,27). The van der Waals surface area contributed by atoms with E-state index in [0.29, 0.717) is 10.2 Å². The molecule has 0 radical (unpaired) electrons. The molecule has 0 aliphatic heterocycles. The molecule has 3 rings (SSSR count). The summed E-state index contributed by atoms with van der Waals surface area (Å²) in [5.41, 5.74) is 1.35. The summed E-state index contributed by atoms with van der Waals surface area (Å²) < 4.78 is 41.8. The van der Waals surface area contributed by atoms with E-state index in [1.54, 1.807) is 30.3 Å². The van der Waals surface area contributed by atoms with Gasteiger partial charge in [0.25, 0.3) is 10.0 Å². The fourth-order valence-corrected chi connectivity index (χ4v) is 4.18. The van der Waals surface area contributed by atoms with Gasteiger partial charge in [0.15, 0.2) is 5.78 Å². The summed E-state index contributed by atoms with van der Waals surface area (Å²) in [5.74, 6) is -0.932. The first-order valence-corrected chi connectivity index (χ1v) is 11.7. The van der Waals surface area contributed by atoms with Crippen molar-refractivity contribution in [3.8, 4) is 0 Å². The van der Waals surface area contributed by atoms with Crippen molar-refractivity contribution in [2.45, 2.75) is 37.5 Å². The second-order valence-electron chi connectivity index (χ2n) is 8.00. The van der Waals surface area contributed by atoms with Crippen LogP contribution in [0.2, 0.25) is 0 Å². The Morgan fingerprint density at radius 1 is 1.10 bits per heavy atom. The van der Waals surface area contributed by atoms with Crippen molar-refractivity contribution in [3.63, 3.8) is 0 Å². The van der Waals surface area contributed by atoms with Crippen LogP contribution in [0.1, 0.15) is 42.4 Å². The van der Waals surface area contributed by atoms with Crippen LogP contribution in [0, 0.1) is 5.82 Å². The summed E-state index contributed by atoms with van der Waals surface area (Å²) in [6, 6.07) is 10.8. The average molecular weight is 506 g/mol. The molecule has 0 amide bonds. The number of nitrogens with one attached hydrogen (secondary N) is 1. The molecule has 31 heavy (non-hydrogen) atoms. The Hall–Kier alpha value is -2.65. The summed E-state index contributed by atoms with van der Waals surface area (Å²) in [4.78, 5) is 20.5. The van der Waals surface area contributed by atoms with Crippen LogP contribution in [0.3, 0.4) is 0 Å². The quantitative estimate of drug-likeness (QED) is 0.481. The molecule has 0 spiro atoms. The van der Waals surface area contributed by atoms with E-state index < -0.39 is 21.6 Å². The van der Waals surface area contributed by atoms with Gasteiger partial charge in [0.1, 0.15) is 11.6 Å². The number of rotatable bonds is 6. The van der Waals surface area contributed by atoms with Crippen molar-refractivity contribution < 1.29 is 17.6 Å². The van der Waals surface area contributed by atoms with Crippen LogP contribution in [0.4, 0.5) is 10.2 Å². The van der Waals surface area contributed by atoms with E-state index in [-0.39, 0.29) is 28.1 Å². The minimum absolute atomic E-state index is 0.0725. The zero-order chi connectivity index (χ0) is 22.8. The molecule has 1 aromatic carbocycles. The molecule has 0 unspecified atom stereocenters. The molecule has 0 aliphatic rings. The molecular weight excluding hydrogens is 485 g/mol. The second-order valence-corrected chi connectivity index (χ2v) is 10.5. The van der Waals surface area contributed by atoms with Gasteiger partial charge in [-0.3, -0.25) is 14.5 Å². The average Bonchev–Trinajstić information content (AvgIpc) is 2.70. The Morgan fingerprint density at radius 3 is 2.39 bits per heavy atom. The molecule has 1 N–H and O–H groups in total. The Balaban J connectivity index is 1.81. The number of carbonyl (C=O) groups excluding carboxylic acids is 1. The van der Waals surface area contributed by atoms with Crippen LogP contribution in [0.25, 0.3) is 0 Å². The molecule has 2 heterocycles. The van der Waals surface area contributed by atoms with Gasteiger partial charge in [-0.15, -0.1) is 0 Å². The van der Waals surface area contributed by atoms with E-state index in [9.17, 15) is 17.6 Å². The van der Waals surface area contributed by atoms with Crippen molar-refractivity contribution in [2.75, 3.05) is 4.72 Å². The van der Waals surface area contributed by atoms with Crippen molar-refractivity contribution in [2.24, 2.45) is 0 Å². The number of hydrogen-bond donors (Lipinski definition) is 1. The molecule has 0 aliphatic carbocycles. The van der Waals surface area contributed by atoms with Gasteiger partial charge in [0.05, 0.1) is 23.2 Å². The number of pyridine rings is 2. The number of aromatic nitrogens is 2. The Bertz CT molecular complexity index is 1220. The van der Waals surface area contributed by atoms with Gasteiger partial charge >= 0.3 is 0 Å². The molecule has 2 aromatic heterocycles. The normalized spacial score (nSPS) is 11.9. The van der Waals surface area contributed by atoms with Crippen molar-refractivity contribution >= 4 is 37.6 Å². The number of ketones is 1. The fraction of sp³-hybridized carbons (Fsp3) is 0.227. The Morgan fingerprint density at radius 2 is 1.77 bits per heavy atom. The third-order valence-corrected chi connectivity index (χ3v) is 6.64. The lowest BCUT2D eigenvalue weighted by Gasteiger charge is -2.19. The van der Waals surface area contributed by atoms with Crippen molar-refractivity contribution in [1.29, 1.82) is 0 Å². The van der Waals surface area contributed by atoms with Crippen LogP contribution in [-0.4, -0.2) is 24.2 Å². The summed E-state index contributed by atoms with van der Waals surface area (Å²) in [6.07, 6.45) is 2.13. The summed E-state index contributed by atoms with van der Waals surface area (Å²) in [7, 11) is -3.86. The molecular formula is C22H21BrFN3O3S. The number of anilines is 1. The first kappa shape index (κ1) is 23.0. The molecule has 0 saturated carbocycles. The molecule has 9 heteroatoms. The maximum atomic E-state index is 13.3. The van der Waals surface area contributed by atoms with Crippen molar-refractivity contribution in [3.05, 3.63) is 82.0 Å². The van der Waals surface area contributed by atoms with Crippen LogP contribution >= 0.6 is 15.9 Å². The molecule has 0 saturated heterocycles. The van der Waals surface area contributed by atoms with Crippen molar-refractivity contribution in [1.82, 2.24) is 9.97 Å². The molecule has 0 atom stereocenters. The van der Waals surface area contributed by atoms with Crippen LogP contribution in [0.5, 0.6) is 0 Å². The largest absolute Gasteiger partial charge is 0.294 e. The highest BCUT2D eigenvalue weighted by atomic mass is 79.9. The molecule has 0 bridgehead atoms. The maximum Gasteiger partial charge on any atom is 0.263 e. The van der Waals surface area contributed by atoms with Gasteiger partial charge in [-0.25, -0.2) is 17.8 Å². The highest BCUT2D eigenvalue weighted by Gasteiger charge is 2.19. The third-order valence-electron chi connectivity index (χ3n) is 4.54. The van der Waals surface area contributed by atoms with Gasteiger partial charge < -0.3 is 0 Å². The minimum atomic E-state index is -3.86. The highest BCUT2D eigenvalue weighted by Crippen LogP contribution is 2.25. The predicted octanol–water partition coefficient (Wildman–Crippen LogP) is 4.90. The topological polar surface area (TPSA) is 89.0 Å². The van der Waals surface area contributed by atoms with E-state index in [4.69, 9.17) is 0 Å². The van der Waals surface area contributed by atoms with Gasteiger partial charge in [-0.1, -0.05) is 32.9 Å². The van der Waals surface area contributed by atoms with Gasteiger partial charge in [0.2, 0.25) is 0 Å². The first-order valence-electron chi connectivity index (χ1n) is 9.38. The van der Waals surface area contributed by atoms with E-state index in [2.05, 4.69) is 30.6 Å². The smallest absolute Gasteiger partial charge is 0.263 e. The maximum absolute atomic E-state index is 13.3.